The maximum atomic E-state index is 3.66. The Morgan fingerprint density at radius 2 is 2.20 bits per heavy atom. The normalized spacial score (nSPS) is 15.6. The first-order chi connectivity index (χ1) is 7.27. The lowest BCUT2D eigenvalue weighted by Crippen LogP contribution is -2.22. The van der Waals surface area contributed by atoms with Gasteiger partial charge >= 0.3 is 0 Å². The number of aromatic nitrogens is 1. The molecule has 1 aromatic heterocycles. The first-order valence-corrected chi connectivity index (χ1v) is 6.06. The molecule has 2 heterocycles. The van der Waals surface area contributed by atoms with Crippen LogP contribution >= 0.6 is 15.9 Å². The maximum Gasteiger partial charge on any atom is 0.0606 e. The van der Waals surface area contributed by atoms with Crippen LogP contribution in [0.1, 0.15) is 16.8 Å². The van der Waals surface area contributed by atoms with Crippen molar-refractivity contribution in [3.8, 4) is 0 Å². The number of hydrogen-bond donors (Lipinski definition) is 2. The molecular weight excluding hydrogens is 252 g/mol. The molecule has 0 amide bonds. The molecule has 0 aliphatic carbocycles. The fourth-order valence-electron chi connectivity index (χ4n) is 2.31. The van der Waals surface area contributed by atoms with Crippen molar-refractivity contribution in [1.82, 2.24) is 10.3 Å². The fourth-order valence-corrected chi connectivity index (χ4v) is 2.75. The second kappa shape index (κ2) is 3.35. The van der Waals surface area contributed by atoms with Gasteiger partial charge in [0.15, 0.2) is 0 Å². The second-order valence-electron chi connectivity index (χ2n) is 4.13. The quantitative estimate of drug-likeness (QED) is 0.753. The van der Waals surface area contributed by atoms with Gasteiger partial charge in [-0.05, 0) is 46.9 Å². The number of rotatable bonds is 0. The highest BCUT2D eigenvalue weighted by Crippen LogP contribution is 2.32. The summed E-state index contributed by atoms with van der Waals surface area (Å²) >= 11 is 3.66. The van der Waals surface area contributed by atoms with Crippen LogP contribution in [0, 0.1) is 6.92 Å². The standard InChI is InChI=1S/C12H13BrN2/c1-7-2-3-9-8-4-5-14-6-10(8)15-12(9)11(7)13/h2-3,14-15H,4-6H2,1H3. The van der Waals surface area contributed by atoms with Gasteiger partial charge in [-0.1, -0.05) is 12.1 Å². The predicted octanol–water partition coefficient (Wildman–Crippen LogP) is 2.88. The van der Waals surface area contributed by atoms with E-state index in [0.717, 1.165) is 19.5 Å². The highest BCUT2D eigenvalue weighted by Gasteiger charge is 2.16. The Balaban J connectivity index is 2.36. The van der Waals surface area contributed by atoms with Crippen LogP contribution in [0.5, 0.6) is 0 Å². The van der Waals surface area contributed by atoms with Crippen LogP contribution in [0.2, 0.25) is 0 Å². The molecule has 0 unspecified atom stereocenters. The zero-order valence-corrected chi connectivity index (χ0v) is 10.2. The molecule has 0 saturated carbocycles. The summed E-state index contributed by atoms with van der Waals surface area (Å²) in [6, 6.07) is 4.42. The van der Waals surface area contributed by atoms with Gasteiger partial charge in [-0.3, -0.25) is 0 Å². The summed E-state index contributed by atoms with van der Waals surface area (Å²) in [5, 5.41) is 4.77. The Labute approximate surface area is 97.2 Å². The Hall–Kier alpha value is -0.800. The van der Waals surface area contributed by atoms with Gasteiger partial charge in [0.2, 0.25) is 0 Å². The zero-order valence-electron chi connectivity index (χ0n) is 8.65. The van der Waals surface area contributed by atoms with Crippen molar-refractivity contribution >= 4 is 26.8 Å². The topological polar surface area (TPSA) is 27.8 Å². The lowest BCUT2D eigenvalue weighted by molar-refractivity contribution is 0.637. The van der Waals surface area contributed by atoms with E-state index in [1.807, 2.05) is 0 Å². The molecule has 0 saturated heterocycles. The minimum Gasteiger partial charge on any atom is -0.356 e. The summed E-state index contributed by atoms with van der Waals surface area (Å²) in [5.74, 6) is 0. The number of aryl methyl sites for hydroxylation is 1. The van der Waals surface area contributed by atoms with E-state index in [1.165, 1.54) is 32.2 Å². The Morgan fingerprint density at radius 3 is 3.07 bits per heavy atom. The number of fused-ring (bicyclic) bond motifs is 3. The molecule has 2 nitrogen and oxygen atoms in total. The van der Waals surface area contributed by atoms with Crippen LogP contribution in [0.15, 0.2) is 16.6 Å². The van der Waals surface area contributed by atoms with Crippen LogP contribution in [0.4, 0.5) is 0 Å². The summed E-state index contributed by atoms with van der Waals surface area (Å²) in [6.07, 6.45) is 1.13. The summed E-state index contributed by atoms with van der Waals surface area (Å²) in [4.78, 5) is 3.52. The molecule has 0 fully saturated rings. The van der Waals surface area contributed by atoms with Crippen LogP contribution in [-0.2, 0) is 13.0 Å². The Morgan fingerprint density at radius 1 is 1.33 bits per heavy atom. The molecule has 15 heavy (non-hydrogen) atoms. The minimum absolute atomic E-state index is 0.968. The Kier molecular flexibility index (Phi) is 2.11. The smallest absolute Gasteiger partial charge is 0.0606 e. The number of nitrogens with one attached hydrogen (secondary N) is 2. The molecule has 78 valence electrons. The first-order valence-electron chi connectivity index (χ1n) is 5.26. The minimum atomic E-state index is 0.968. The van der Waals surface area contributed by atoms with Gasteiger partial charge in [-0.2, -0.15) is 0 Å². The van der Waals surface area contributed by atoms with Crippen LogP contribution in [0.3, 0.4) is 0 Å². The third kappa shape index (κ3) is 1.34. The van der Waals surface area contributed by atoms with Crippen molar-refractivity contribution in [2.24, 2.45) is 0 Å². The van der Waals surface area contributed by atoms with Gasteiger partial charge in [0.1, 0.15) is 0 Å². The molecule has 1 aliphatic rings. The van der Waals surface area contributed by atoms with Crippen molar-refractivity contribution in [1.29, 1.82) is 0 Å². The summed E-state index contributed by atoms with van der Waals surface area (Å²) in [7, 11) is 0. The number of halogens is 1. The number of aromatic amines is 1. The third-order valence-corrected chi connectivity index (χ3v) is 4.18. The van der Waals surface area contributed by atoms with Crippen LogP contribution in [0.25, 0.3) is 10.9 Å². The monoisotopic (exact) mass is 264 g/mol. The molecule has 0 bridgehead atoms. The summed E-state index contributed by atoms with van der Waals surface area (Å²) in [5.41, 5.74) is 5.38. The third-order valence-electron chi connectivity index (χ3n) is 3.15. The van der Waals surface area contributed by atoms with Gasteiger partial charge < -0.3 is 10.3 Å². The van der Waals surface area contributed by atoms with E-state index in [-0.39, 0.29) is 0 Å². The highest BCUT2D eigenvalue weighted by molar-refractivity contribution is 9.10. The molecule has 0 atom stereocenters. The molecule has 1 aromatic carbocycles. The van der Waals surface area contributed by atoms with E-state index in [0.29, 0.717) is 0 Å². The van der Waals surface area contributed by atoms with E-state index in [9.17, 15) is 0 Å². The average molecular weight is 265 g/mol. The van der Waals surface area contributed by atoms with Gasteiger partial charge in [-0.15, -0.1) is 0 Å². The van der Waals surface area contributed by atoms with E-state index in [4.69, 9.17) is 0 Å². The molecule has 3 rings (SSSR count). The number of hydrogen-bond acceptors (Lipinski definition) is 1. The van der Waals surface area contributed by atoms with Gasteiger partial charge in [0, 0.05) is 22.1 Å². The van der Waals surface area contributed by atoms with E-state index < -0.39 is 0 Å². The molecule has 3 heteroatoms. The molecule has 0 radical (unpaired) electrons. The predicted molar refractivity (Wildman–Crippen MR) is 66.1 cm³/mol. The zero-order chi connectivity index (χ0) is 10.4. The first kappa shape index (κ1) is 9.43. The van der Waals surface area contributed by atoms with Crippen LogP contribution in [-0.4, -0.2) is 11.5 Å². The van der Waals surface area contributed by atoms with Gasteiger partial charge in [-0.25, -0.2) is 0 Å². The number of H-pyrrole nitrogens is 1. The number of benzene rings is 1. The lowest BCUT2D eigenvalue weighted by Gasteiger charge is -2.12. The molecule has 0 spiro atoms. The van der Waals surface area contributed by atoms with E-state index in [1.54, 1.807) is 0 Å². The van der Waals surface area contributed by atoms with Gasteiger partial charge in [0.25, 0.3) is 0 Å². The summed E-state index contributed by atoms with van der Waals surface area (Å²) in [6.45, 7) is 4.18. The Bertz CT molecular complexity index is 528. The van der Waals surface area contributed by atoms with Crippen molar-refractivity contribution < 1.29 is 0 Å². The summed E-state index contributed by atoms with van der Waals surface area (Å²) < 4.78 is 1.20. The largest absolute Gasteiger partial charge is 0.356 e. The average Bonchev–Trinajstić information content (AvgIpc) is 2.63. The van der Waals surface area contributed by atoms with Gasteiger partial charge in [0.05, 0.1) is 5.52 Å². The van der Waals surface area contributed by atoms with Crippen molar-refractivity contribution in [2.45, 2.75) is 19.9 Å². The molecule has 2 N–H and O–H groups in total. The van der Waals surface area contributed by atoms with E-state index >= 15 is 0 Å². The molecular formula is C12H13BrN2. The molecule has 1 aliphatic heterocycles. The van der Waals surface area contributed by atoms with Crippen molar-refractivity contribution in [3.05, 3.63) is 33.4 Å². The van der Waals surface area contributed by atoms with Crippen molar-refractivity contribution in [3.63, 3.8) is 0 Å². The fraction of sp³-hybridized carbons (Fsp3) is 0.333. The molecule has 2 aromatic rings. The lowest BCUT2D eigenvalue weighted by atomic mass is 10.0. The van der Waals surface area contributed by atoms with E-state index in [2.05, 4.69) is 45.3 Å². The maximum absolute atomic E-state index is 3.66. The van der Waals surface area contributed by atoms with Crippen LogP contribution < -0.4 is 5.32 Å². The van der Waals surface area contributed by atoms with Crippen molar-refractivity contribution in [2.75, 3.05) is 6.54 Å². The second-order valence-corrected chi connectivity index (χ2v) is 4.92. The SMILES string of the molecule is Cc1ccc2c3c([nH]c2c1Br)CNCC3. The highest BCUT2D eigenvalue weighted by atomic mass is 79.9.